The average molecular weight is 301 g/mol. The lowest BCUT2D eigenvalue weighted by Gasteiger charge is -2.07. The van der Waals surface area contributed by atoms with Crippen molar-refractivity contribution < 1.29 is 12.8 Å². The predicted molar refractivity (Wildman–Crippen MR) is 80.9 cm³/mol. The minimum Gasteiger partial charge on any atom is -0.398 e. The predicted octanol–water partition coefficient (Wildman–Crippen LogP) is 3.93. The lowest BCUT2D eigenvalue weighted by molar-refractivity contribution is 0.577. The number of nitrogen functional groups attached to an aromatic ring is 1. The molecule has 0 bridgehead atoms. The molecule has 0 spiro atoms. The molecule has 2 N–H and O–H groups in total. The van der Waals surface area contributed by atoms with E-state index < -0.39 is 15.7 Å². The van der Waals surface area contributed by atoms with Crippen molar-refractivity contribution >= 4 is 15.5 Å². The fourth-order valence-electron chi connectivity index (χ4n) is 2.14. The number of rotatable bonds is 9. The van der Waals surface area contributed by atoms with Crippen LogP contribution in [-0.4, -0.2) is 14.2 Å². The molecule has 0 atom stereocenters. The minimum absolute atomic E-state index is 0.0361. The number of hydrogen-bond donors (Lipinski definition) is 1. The van der Waals surface area contributed by atoms with Crippen LogP contribution < -0.4 is 5.73 Å². The highest BCUT2D eigenvalue weighted by molar-refractivity contribution is 7.91. The van der Waals surface area contributed by atoms with Crippen LogP contribution in [0.4, 0.5) is 10.1 Å². The highest BCUT2D eigenvalue weighted by Gasteiger charge is 2.17. The molecule has 20 heavy (non-hydrogen) atoms. The fraction of sp³-hybridized carbons (Fsp3) is 0.600. The molecule has 0 radical (unpaired) electrons. The number of halogens is 1. The summed E-state index contributed by atoms with van der Waals surface area (Å²) in [5.74, 6) is -0.536. The molecule has 1 rings (SSSR count). The topological polar surface area (TPSA) is 60.2 Å². The van der Waals surface area contributed by atoms with Crippen molar-refractivity contribution in [1.82, 2.24) is 0 Å². The molecular weight excluding hydrogens is 277 g/mol. The Bertz CT molecular complexity index is 515. The zero-order valence-electron chi connectivity index (χ0n) is 12.1. The van der Waals surface area contributed by atoms with Crippen LogP contribution in [0.15, 0.2) is 23.1 Å². The second-order valence-corrected chi connectivity index (χ2v) is 7.20. The van der Waals surface area contributed by atoms with Gasteiger partial charge in [-0.25, -0.2) is 12.8 Å². The molecule has 0 aliphatic heterocycles. The van der Waals surface area contributed by atoms with E-state index in [9.17, 15) is 12.8 Å². The monoisotopic (exact) mass is 301 g/mol. The first kappa shape index (κ1) is 17.0. The van der Waals surface area contributed by atoms with Crippen molar-refractivity contribution in [3.63, 3.8) is 0 Å². The SMILES string of the molecule is CCCCCCCCCS(=O)(=O)c1cc(F)ccc1N. The molecule has 3 nitrogen and oxygen atoms in total. The Morgan fingerprint density at radius 2 is 1.65 bits per heavy atom. The molecule has 1 aromatic rings. The molecule has 0 saturated carbocycles. The van der Waals surface area contributed by atoms with Crippen LogP contribution in [0.25, 0.3) is 0 Å². The van der Waals surface area contributed by atoms with E-state index in [2.05, 4.69) is 6.92 Å². The van der Waals surface area contributed by atoms with Crippen LogP contribution in [0.5, 0.6) is 0 Å². The fourth-order valence-corrected chi connectivity index (χ4v) is 3.66. The van der Waals surface area contributed by atoms with Gasteiger partial charge in [0.1, 0.15) is 5.82 Å². The summed E-state index contributed by atoms with van der Waals surface area (Å²) >= 11 is 0. The van der Waals surface area contributed by atoms with Gasteiger partial charge in [0, 0.05) is 0 Å². The van der Waals surface area contributed by atoms with E-state index in [-0.39, 0.29) is 16.3 Å². The Morgan fingerprint density at radius 1 is 1.05 bits per heavy atom. The quantitative estimate of drug-likeness (QED) is 0.555. The van der Waals surface area contributed by atoms with E-state index in [0.717, 1.165) is 25.3 Å². The average Bonchev–Trinajstić information content (AvgIpc) is 2.40. The summed E-state index contributed by atoms with van der Waals surface area (Å²) < 4.78 is 37.3. The van der Waals surface area contributed by atoms with Gasteiger partial charge in [0.05, 0.1) is 16.3 Å². The zero-order chi connectivity index (χ0) is 15.0. The van der Waals surface area contributed by atoms with Crippen molar-refractivity contribution in [3.8, 4) is 0 Å². The molecule has 5 heteroatoms. The Balaban J connectivity index is 2.44. The Kier molecular flexibility index (Phi) is 6.99. The minimum atomic E-state index is -3.48. The third-order valence-electron chi connectivity index (χ3n) is 3.33. The van der Waals surface area contributed by atoms with E-state index in [1.165, 1.54) is 31.4 Å². The normalized spacial score (nSPS) is 11.7. The molecule has 0 heterocycles. The summed E-state index contributed by atoms with van der Waals surface area (Å²) in [6.45, 7) is 2.16. The molecule has 0 aliphatic rings. The number of benzene rings is 1. The summed E-state index contributed by atoms with van der Waals surface area (Å²) in [7, 11) is -3.48. The molecule has 0 saturated heterocycles. The van der Waals surface area contributed by atoms with Gasteiger partial charge in [-0.2, -0.15) is 0 Å². The standard InChI is InChI=1S/C15H24FNO2S/c1-2-3-4-5-6-7-8-11-20(18,19)15-12-13(16)9-10-14(15)17/h9-10,12H,2-8,11,17H2,1H3. The smallest absolute Gasteiger partial charge is 0.180 e. The van der Waals surface area contributed by atoms with Crippen molar-refractivity contribution in [2.45, 2.75) is 56.8 Å². The van der Waals surface area contributed by atoms with E-state index in [4.69, 9.17) is 5.73 Å². The first-order valence-corrected chi connectivity index (χ1v) is 8.90. The second kappa shape index (κ2) is 8.25. The highest BCUT2D eigenvalue weighted by atomic mass is 32.2. The summed E-state index contributed by atoms with van der Waals surface area (Å²) in [6.07, 6.45) is 7.33. The molecular formula is C15H24FNO2S. The third-order valence-corrected chi connectivity index (χ3v) is 5.18. The Hall–Kier alpha value is -1.10. The van der Waals surface area contributed by atoms with Gasteiger partial charge in [-0.05, 0) is 24.6 Å². The lowest BCUT2D eigenvalue weighted by atomic mass is 10.1. The van der Waals surface area contributed by atoms with Gasteiger partial charge in [0.25, 0.3) is 0 Å². The number of sulfone groups is 1. The van der Waals surface area contributed by atoms with Crippen molar-refractivity contribution in [3.05, 3.63) is 24.0 Å². The highest BCUT2D eigenvalue weighted by Crippen LogP contribution is 2.22. The third kappa shape index (κ3) is 5.49. The van der Waals surface area contributed by atoms with E-state index in [1.54, 1.807) is 0 Å². The summed E-state index contributed by atoms with van der Waals surface area (Å²) in [5, 5.41) is 0. The van der Waals surface area contributed by atoms with Gasteiger partial charge in [0.15, 0.2) is 9.84 Å². The maximum absolute atomic E-state index is 13.1. The van der Waals surface area contributed by atoms with Crippen molar-refractivity contribution in [2.75, 3.05) is 11.5 Å². The number of unbranched alkanes of at least 4 members (excludes halogenated alkanes) is 6. The molecule has 1 aromatic carbocycles. The van der Waals surface area contributed by atoms with Gasteiger partial charge in [-0.15, -0.1) is 0 Å². The summed E-state index contributed by atoms with van der Waals surface area (Å²) in [4.78, 5) is -0.0801. The van der Waals surface area contributed by atoms with Gasteiger partial charge in [-0.1, -0.05) is 45.4 Å². The Labute approximate surface area is 121 Å². The number of nitrogens with two attached hydrogens (primary N) is 1. The van der Waals surface area contributed by atoms with E-state index >= 15 is 0 Å². The van der Waals surface area contributed by atoms with Crippen molar-refractivity contribution in [2.24, 2.45) is 0 Å². The van der Waals surface area contributed by atoms with Gasteiger partial charge >= 0.3 is 0 Å². The van der Waals surface area contributed by atoms with Crippen molar-refractivity contribution in [1.29, 1.82) is 0 Å². The summed E-state index contributed by atoms with van der Waals surface area (Å²) in [6, 6.07) is 3.47. The maximum Gasteiger partial charge on any atom is 0.180 e. The zero-order valence-corrected chi connectivity index (χ0v) is 12.9. The number of hydrogen-bond acceptors (Lipinski definition) is 3. The van der Waals surface area contributed by atoms with Crippen LogP contribution in [-0.2, 0) is 9.84 Å². The molecule has 0 aliphatic carbocycles. The largest absolute Gasteiger partial charge is 0.398 e. The van der Waals surface area contributed by atoms with E-state index in [1.807, 2.05) is 0 Å². The lowest BCUT2D eigenvalue weighted by Crippen LogP contribution is -2.10. The number of anilines is 1. The van der Waals surface area contributed by atoms with Crippen LogP contribution in [0.2, 0.25) is 0 Å². The second-order valence-electron chi connectivity index (χ2n) is 5.12. The maximum atomic E-state index is 13.1. The summed E-state index contributed by atoms with van der Waals surface area (Å²) in [5.41, 5.74) is 5.73. The van der Waals surface area contributed by atoms with Crippen LogP contribution in [0.3, 0.4) is 0 Å². The van der Waals surface area contributed by atoms with Crippen LogP contribution in [0, 0.1) is 5.82 Å². The van der Waals surface area contributed by atoms with Gasteiger partial charge in [0.2, 0.25) is 0 Å². The van der Waals surface area contributed by atoms with E-state index in [0.29, 0.717) is 6.42 Å². The van der Waals surface area contributed by atoms with Crippen LogP contribution >= 0.6 is 0 Å². The Morgan fingerprint density at radius 3 is 2.30 bits per heavy atom. The first-order valence-electron chi connectivity index (χ1n) is 7.25. The molecule has 0 amide bonds. The first-order chi connectivity index (χ1) is 9.47. The molecule has 0 unspecified atom stereocenters. The molecule has 0 aromatic heterocycles. The van der Waals surface area contributed by atoms with Crippen LogP contribution in [0.1, 0.15) is 51.9 Å². The van der Waals surface area contributed by atoms with Gasteiger partial charge < -0.3 is 5.73 Å². The molecule has 114 valence electrons. The van der Waals surface area contributed by atoms with Gasteiger partial charge in [-0.3, -0.25) is 0 Å². The molecule has 0 fully saturated rings.